The summed E-state index contributed by atoms with van der Waals surface area (Å²) in [6.07, 6.45) is 2.07. The summed E-state index contributed by atoms with van der Waals surface area (Å²) in [4.78, 5) is 44.4. The minimum atomic E-state index is -1.30. The van der Waals surface area contributed by atoms with E-state index in [2.05, 4.69) is 11.9 Å². The van der Waals surface area contributed by atoms with Crippen molar-refractivity contribution in [2.24, 2.45) is 0 Å². The second kappa shape index (κ2) is 10.3. The van der Waals surface area contributed by atoms with Gasteiger partial charge in [-0.1, -0.05) is 6.58 Å². The van der Waals surface area contributed by atoms with Gasteiger partial charge in [0.2, 0.25) is 5.91 Å². The van der Waals surface area contributed by atoms with Gasteiger partial charge < -0.3 is 20.6 Å². The molecule has 1 amide bonds. The Kier molecular flexibility index (Phi) is 9.19. The van der Waals surface area contributed by atoms with Gasteiger partial charge in [0.15, 0.2) is 0 Å². The largest absolute Gasteiger partial charge is 0.480 e. The molecule has 0 bridgehead atoms. The van der Waals surface area contributed by atoms with Gasteiger partial charge in [-0.3, -0.25) is 24.1 Å². The summed E-state index contributed by atoms with van der Waals surface area (Å²) in [5, 5.41) is 29.1. The van der Waals surface area contributed by atoms with Crippen LogP contribution in [0.2, 0.25) is 0 Å². The summed E-state index contributed by atoms with van der Waals surface area (Å²) in [7, 11) is 0. The van der Waals surface area contributed by atoms with Gasteiger partial charge in [-0.2, -0.15) is 0 Å². The Morgan fingerprint density at radius 2 is 1.59 bits per heavy atom. The number of carboxylic acid groups (broad SMARTS) is 3. The lowest BCUT2D eigenvalue weighted by atomic mass is 10.1. The first kappa shape index (κ1) is 19.6. The summed E-state index contributed by atoms with van der Waals surface area (Å²) in [6.45, 7) is 2.27. The molecule has 0 heterocycles. The highest BCUT2D eigenvalue weighted by atomic mass is 16.4. The zero-order valence-corrected chi connectivity index (χ0v) is 12.0. The fourth-order valence-corrected chi connectivity index (χ4v) is 1.83. The van der Waals surface area contributed by atoms with E-state index in [1.54, 1.807) is 0 Å². The minimum absolute atomic E-state index is 0.0832. The Morgan fingerprint density at radius 1 is 1.05 bits per heavy atom. The molecule has 9 nitrogen and oxygen atoms in total. The molecule has 22 heavy (non-hydrogen) atoms. The molecular formula is C13H20N2O7. The number of hydrogen-bond acceptors (Lipinski definition) is 5. The number of rotatable bonds is 12. The zero-order chi connectivity index (χ0) is 17.1. The topological polar surface area (TPSA) is 144 Å². The molecule has 0 aliphatic carbocycles. The number of carbonyl (C=O) groups excluding carboxylic acids is 1. The third-order valence-corrected chi connectivity index (χ3v) is 2.79. The third-order valence-electron chi connectivity index (χ3n) is 2.79. The van der Waals surface area contributed by atoms with Crippen molar-refractivity contribution >= 4 is 23.8 Å². The van der Waals surface area contributed by atoms with E-state index in [-0.39, 0.29) is 12.3 Å². The van der Waals surface area contributed by atoms with Crippen molar-refractivity contribution in [2.45, 2.75) is 25.3 Å². The fourth-order valence-electron chi connectivity index (χ4n) is 1.83. The standard InChI is InChI=1S/C13H20N2O7/c1-2-10(16)14-6-4-3-5-9(13(21)22)15(7-11(17)18)8-12(19)20/h2,9H,1,3-8H2,(H,14,16)(H,17,18)(H,19,20)(H,21,22)/t9-/m0/s1. The van der Waals surface area contributed by atoms with Crippen LogP contribution in [-0.4, -0.2) is 69.7 Å². The first-order valence-corrected chi connectivity index (χ1v) is 6.58. The Hall–Kier alpha value is -2.42. The molecule has 0 aromatic heterocycles. The average molecular weight is 316 g/mol. The number of hydrogen-bond donors (Lipinski definition) is 4. The molecule has 0 fully saturated rings. The molecule has 0 aliphatic heterocycles. The molecule has 0 spiro atoms. The third kappa shape index (κ3) is 8.69. The van der Waals surface area contributed by atoms with Crippen molar-refractivity contribution in [3.8, 4) is 0 Å². The molecule has 0 aromatic carbocycles. The molecule has 0 aliphatic rings. The summed E-state index contributed by atoms with van der Waals surface area (Å²) in [6, 6.07) is -1.21. The van der Waals surface area contributed by atoms with Crippen LogP contribution in [-0.2, 0) is 19.2 Å². The second-order valence-electron chi connectivity index (χ2n) is 4.54. The van der Waals surface area contributed by atoms with Crippen molar-refractivity contribution in [1.82, 2.24) is 10.2 Å². The Balaban J connectivity index is 4.49. The highest BCUT2D eigenvalue weighted by Crippen LogP contribution is 2.09. The molecular weight excluding hydrogens is 296 g/mol. The van der Waals surface area contributed by atoms with Gasteiger partial charge in [0.25, 0.3) is 0 Å². The summed E-state index contributed by atoms with van der Waals surface area (Å²) >= 11 is 0. The highest BCUT2D eigenvalue weighted by molar-refractivity contribution is 5.86. The van der Waals surface area contributed by atoms with Crippen molar-refractivity contribution in [2.75, 3.05) is 19.6 Å². The monoisotopic (exact) mass is 316 g/mol. The predicted octanol–water partition coefficient (Wildman–Crippen LogP) is -0.617. The molecule has 1 atom stereocenters. The smallest absolute Gasteiger partial charge is 0.320 e. The number of nitrogens with zero attached hydrogens (tertiary/aromatic N) is 1. The van der Waals surface area contributed by atoms with Gasteiger partial charge in [-0.05, 0) is 25.3 Å². The lowest BCUT2D eigenvalue weighted by molar-refractivity contribution is -0.149. The minimum Gasteiger partial charge on any atom is -0.480 e. The van der Waals surface area contributed by atoms with Gasteiger partial charge >= 0.3 is 17.9 Å². The van der Waals surface area contributed by atoms with Crippen LogP contribution in [0.3, 0.4) is 0 Å². The number of unbranched alkanes of at least 4 members (excludes halogenated alkanes) is 1. The Morgan fingerprint density at radius 3 is 2.00 bits per heavy atom. The maximum Gasteiger partial charge on any atom is 0.320 e. The molecule has 0 radical (unpaired) electrons. The van der Waals surface area contributed by atoms with Crippen molar-refractivity contribution in [3.05, 3.63) is 12.7 Å². The molecule has 4 N–H and O–H groups in total. The van der Waals surface area contributed by atoms with E-state index in [0.29, 0.717) is 19.4 Å². The lowest BCUT2D eigenvalue weighted by Crippen LogP contribution is -2.46. The first-order valence-electron chi connectivity index (χ1n) is 6.58. The van der Waals surface area contributed by atoms with Gasteiger partial charge in [0.1, 0.15) is 6.04 Å². The quantitative estimate of drug-likeness (QED) is 0.275. The maximum absolute atomic E-state index is 11.2. The van der Waals surface area contributed by atoms with Crippen molar-refractivity contribution in [3.63, 3.8) is 0 Å². The number of aliphatic carboxylic acids is 3. The number of amides is 1. The SMILES string of the molecule is C=CC(=O)NCCCC[C@@H](C(=O)O)N(CC(=O)O)CC(=O)O. The van der Waals surface area contributed by atoms with Crippen molar-refractivity contribution in [1.29, 1.82) is 0 Å². The Bertz CT molecular complexity index is 420. The van der Waals surface area contributed by atoms with Crippen LogP contribution < -0.4 is 5.32 Å². The van der Waals surface area contributed by atoms with E-state index in [4.69, 9.17) is 15.3 Å². The van der Waals surface area contributed by atoms with Crippen LogP contribution in [0.5, 0.6) is 0 Å². The van der Waals surface area contributed by atoms with Gasteiger partial charge in [-0.15, -0.1) is 0 Å². The number of carboxylic acids is 3. The predicted molar refractivity (Wildman–Crippen MR) is 75.3 cm³/mol. The van der Waals surface area contributed by atoms with Crippen LogP contribution in [0.4, 0.5) is 0 Å². The number of nitrogens with one attached hydrogen (secondary N) is 1. The molecule has 9 heteroatoms. The molecule has 0 saturated carbocycles. The molecule has 0 aromatic rings. The van der Waals surface area contributed by atoms with E-state index in [1.807, 2.05) is 0 Å². The van der Waals surface area contributed by atoms with Gasteiger partial charge in [-0.25, -0.2) is 0 Å². The van der Waals surface area contributed by atoms with E-state index >= 15 is 0 Å². The van der Waals surface area contributed by atoms with E-state index in [9.17, 15) is 19.2 Å². The van der Waals surface area contributed by atoms with Crippen molar-refractivity contribution < 1.29 is 34.5 Å². The highest BCUT2D eigenvalue weighted by Gasteiger charge is 2.28. The summed E-state index contributed by atoms with van der Waals surface area (Å²) in [5.74, 6) is -4.22. The summed E-state index contributed by atoms with van der Waals surface area (Å²) in [5.41, 5.74) is 0. The van der Waals surface area contributed by atoms with Crippen LogP contribution >= 0.6 is 0 Å². The van der Waals surface area contributed by atoms with Gasteiger partial charge in [0, 0.05) is 6.54 Å². The molecule has 124 valence electrons. The maximum atomic E-state index is 11.2. The van der Waals surface area contributed by atoms with E-state index in [0.717, 1.165) is 11.0 Å². The number of carbonyl (C=O) groups is 4. The molecule has 0 rings (SSSR count). The zero-order valence-electron chi connectivity index (χ0n) is 12.0. The van der Waals surface area contributed by atoms with E-state index in [1.165, 1.54) is 0 Å². The van der Waals surface area contributed by atoms with Crippen LogP contribution in [0.15, 0.2) is 12.7 Å². The first-order chi connectivity index (χ1) is 10.3. The molecule has 0 saturated heterocycles. The van der Waals surface area contributed by atoms with E-state index < -0.39 is 37.0 Å². The van der Waals surface area contributed by atoms with Crippen LogP contribution in [0.1, 0.15) is 19.3 Å². The van der Waals surface area contributed by atoms with Crippen LogP contribution in [0, 0.1) is 0 Å². The lowest BCUT2D eigenvalue weighted by Gasteiger charge is -2.25. The van der Waals surface area contributed by atoms with Crippen LogP contribution in [0.25, 0.3) is 0 Å². The normalized spacial score (nSPS) is 11.7. The second-order valence-corrected chi connectivity index (χ2v) is 4.54. The Labute approximate surface area is 127 Å². The fraction of sp³-hybridized carbons (Fsp3) is 0.538. The molecule has 0 unspecified atom stereocenters. The van der Waals surface area contributed by atoms with Gasteiger partial charge in [0.05, 0.1) is 13.1 Å². The average Bonchev–Trinajstić information content (AvgIpc) is 2.40. The summed E-state index contributed by atoms with van der Waals surface area (Å²) < 4.78 is 0.